The summed E-state index contributed by atoms with van der Waals surface area (Å²) in [6.07, 6.45) is 1.66. The second-order valence-corrected chi connectivity index (χ2v) is 12.8. The van der Waals surface area contributed by atoms with Gasteiger partial charge < -0.3 is 10.2 Å². The maximum Gasteiger partial charge on any atom is 0.244 e. The van der Waals surface area contributed by atoms with Gasteiger partial charge in [-0.3, -0.25) is 13.9 Å². The third kappa shape index (κ3) is 8.82. The SMILES string of the molecule is CC[C@@H](C)NC(=O)[C@@H](Cc1ccccc1)N(Cc1ccccc1F)C(=O)CN(c1cc(Cl)c(Cl)cc1Cl)S(C)(=O)=O. The number of halogens is 4. The molecule has 2 amide bonds. The smallest absolute Gasteiger partial charge is 0.244 e. The molecular formula is C29H31Cl3FN3O4S. The summed E-state index contributed by atoms with van der Waals surface area (Å²) in [6.45, 7) is 2.72. The molecule has 0 saturated heterocycles. The van der Waals surface area contributed by atoms with Gasteiger partial charge in [0, 0.05) is 24.6 Å². The minimum atomic E-state index is -4.08. The number of hydrogen-bond donors (Lipinski definition) is 1. The zero-order chi connectivity index (χ0) is 30.3. The molecule has 1 N–H and O–H groups in total. The van der Waals surface area contributed by atoms with E-state index in [4.69, 9.17) is 34.8 Å². The number of carbonyl (C=O) groups excluding carboxylic acids is 2. The van der Waals surface area contributed by atoms with Crippen molar-refractivity contribution in [2.75, 3.05) is 17.1 Å². The summed E-state index contributed by atoms with van der Waals surface area (Å²) in [6, 6.07) is 16.2. The second-order valence-electron chi connectivity index (χ2n) is 9.62. The van der Waals surface area contributed by atoms with E-state index in [-0.39, 0.29) is 45.3 Å². The van der Waals surface area contributed by atoms with E-state index in [2.05, 4.69) is 5.32 Å². The lowest BCUT2D eigenvalue weighted by Crippen LogP contribution is -2.54. The highest BCUT2D eigenvalue weighted by molar-refractivity contribution is 7.92. The third-order valence-electron chi connectivity index (χ3n) is 6.51. The molecule has 0 spiro atoms. The quantitative estimate of drug-likeness (QED) is 0.242. The number of rotatable bonds is 12. The van der Waals surface area contributed by atoms with E-state index < -0.39 is 40.2 Å². The van der Waals surface area contributed by atoms with E-state index in [9.17, 15) is 22.4 Å². The van der Waals surface area contributed by atoms with Gasteiger partial charge in [0.15, 0.2) is 0 Å². The fraction of sp³-hybridized carbons (Fsp3) is 0.310. The van der Waals surface area contributed by atoms with Gasteiger partial charge in [-0.2, -0.15) is 0 Å². The fourth-order valence-electron chi connectivity index (χ4n) is 4.10. The highest BCUT2D eigenvalue weighted by Crippen LogP contribution is 2.35. The molecule has 0 saturated carbocycles. The number of amides is 2. The highest BCUT2D eigenvalue weighted by atomic mass is 35.5. The Morgan fingerprint density at radius 1 is 0.951 bits per heavy atom. The van der Waals surface area contributed by atoms with Crippen molar-refractivity contribution in [1.82, 2.24) is 10.2 Å². The van der Waals surface area contributed by atoms with Crippen LogP contribution in [0.5, 0.6) is 0 Å². The molecule has 12 heteroatoms. The van der Waals surface area contributed by atoms with Gasteiger partial charge in [-0.25, -0.2) is 12.8 Å². The van der Waals surface area contributed by atoms with Gasteiger partial charge in [0.05, 0.1) is 27.0 Å². The van der Waals surface area contributed by atoms with Crippen LogP contribution in [0.25, 0.3) is 0 Å². The van der Waals surface area contributed by atoms with Crippen LogP contribution in [0.2, 0.25) is 15.1 Å². The number of anilines is 1. The maximum absolute atomic E-state index is 14.8. The van der Waals surface area contributed by atoms with Crippen molar-refractivity contribution in [2.45, 2.75) is 45.3 Å². The van der Waals surface area contributed by atoms with Crippen LogP contribution in [0.1, 0.15) is 31.4 Å². The van der Waals surface area contributed by atoms with Crippen molar-refractivity contribution in [3.8, 4) is 0 Å². The first-order valence-electron chi connectivity index (χ1n) is 12.8. The molecule has 0 aromatic heterocycles. The predicted molar refractivity (Wildman–Crippen MR) is 162 cm³/mol. The third-order valence-corrected chi connectivity index (χ3v) is 8.66. The Morgan fingerprint density at radius 2 is 1.56 bits per heavy atom. The molecule has 3 rings (SSSR count). The molecule has 0 heterocycles. The Morgan fingerprint density at radius 3 is 2.17 bits per heavy atom. The van der Waals surface area contributed by atoms with Gasteiger partial charge in [-0.15, -0.1) is 0 Å². The van der Waals surface area contributed by atoms with Crippen LogP contribution in [0.4, 0.5) is 10.1 Å². The van der Waals surface area contributed by atoms with E-state index >= 15 is 0 Å². The summed E-state index contributed by atoms with van der Waals surface area (Å²) in [5.74, 6) is -1.77. The lowest BCUT2D eigenvalue weighted by molar-refractivity contribution is -0.140. The van der Waals surface area contributed by atoms with E-state index in [0.29, 0.717) is 6.42 Å². The molecule has 7 nitrogen and oxygen atoms in total. The Balaban J connectivity index is 2.11. The zero-order valence-electron chi connectivity index (χ0n) is 22.8. The molecule has 0 aliphatic carbocycles. The van der Waals surface area contributed by atoms with Crippen molar-refractivity contribution in [3.05, 3.63) is 98.7 Å². The summed E-state index contributed by atoms with van der Waals surface area (Å²) >= 11 is 18.5. The molecule has 0 fully saturated rings. The molecule has 0 radical (unpaired) electrons. The number of hydrogen-bond acceptors (Lipinski definition) is 4. The average Bonchev–Trinajstić information content (AvgIpc) is 2.92. The normalized spacial score (nSPS) is 12.9. The summed E-state index contributed by atoms with van der Waals surface area (Å²) in [5, 5.41) is 3.00. The number of nitrogens with zero attached hydrogens (tertiary/aromatic N) is 2. The number of carbonyl (C=O) groups is 2. The first kappa shape index (κ1) is 32.7. The van der Waals surface area contributed by atoms with Crippen molar-refractivity contribution in [2.24, 2.45) is 0 Å². The van der Waals surface area contributed by atoms with Gasteiger partial charge in [-0.05, 0) is 37.1 Å². The van der Waals surface area contributed by atoms with E-state index in [1.54, 1.807) is 18.2 Å². The zero-order valence-corrected chi connectivity index (χ0v) is 25.9. The first-order valence-corrected chi connectivity index (χ1v) is 15.8. The standard InChI is InChI=1S/C29H31Cl3FN3O4S/c1-4-19(2)34-29(38)27(14-20-10-6-5-7-11-20)35(17-21-12-8-9-13-25(21)33)28(37)18-36(41(3,39)40)26-16-23(31)22(30)15-24(26)32/h5-13,15-16,19,27H,4,14,17-18H2,1-3H3,(H,34,38)/t19-,27-/m1/s1. The monoisotopic (exact) mass is 641 g/mol. The topological polar surface area (TPSA) is 86.8 Å². The van der Waals surface area contributed by atoms with Gasteiger partial charge >= 0.3 is 0 Å². The number of nitrogens with one attached hydrogen (secondary N) is 1. The van der Waals surface area contributed by atoms with Crippen molar-refractivity contribution < 1.29 is 22.4 Å². The minimum Gasteiger partial charge on any atom is -0.352 e. The molecule has 0 aliphatic rings. The van der Waals surface area contributed by atoms with E-state index in [1.807, 2.05) is 32.0 Å². The molecular weight excluding hydrogens is 612 g/mol. The van der Waals surface area contributed by atoms with Crippen molar-refractivity contribution >= 4 is 62.3 Å². The molecule has 3 aromatic carbocycles. The minimum absolute atomic E-state index is 0.0327. The van der Waals surface area contributed by atoms with Crippen molar-refractivity contribution in [1.29, 1.82) is 0 Å². The molecule has 2 atom stereocenters. The maximum atomic E-state index is 14.8. The molecule has 0 aliphatic heterocycles. The second kappa shape index (κ2) is 14.4. The van der Waals surface area contributed by atoms with Crippen LogP contribution in [-0.4, -0.2) is 50.0 Å². The molecule has 0 unspecified atom stereocenters. The van der Waals surface area contributed by atoms with Crippen LogP contribution in [0.15, 0.2) is 66.7 Å². The van der Waals surface area contributed by atoms with Gasteiger partial charge in [0.2, 0.25) is 21.8 Å². The van der Waals surface area contributed by atoms with Gasteiger partial charge in [-0.1, -0.05) is 90.3 Å². The summed E-state index contributed by atoms with van der Waals surface area (Å²) in [5.41, 5.74) is 0.857. The van der Waals surface area contributed by atoms with Crippen LogP contribution in [-0.2, 0) is 32.6 Å². The molecule has 3 aromatic rings. The summed E-state index contributed by atoms with van der Waals surface area (Å²) in [7, 11) is -4.08. The van der Waals surface area contributed by atoms with E-state index in [0.717, 1.165) is 16.1 Å². The summed E-state index contributed by atoms with van der Waals surface area (Å²) < 4.78 is 41.4. The highest BCUT2D eigenvalue weighted by Gasteiger charge is 2.34. The summed E-state index contributed by atoms with van der Waals surface area (Å²) in [4.78, 5) is 28.9. The average molecular weight is 643 g/mol. The fourth-order valence-corrected chi connectivity index (χ4v) is 5.65. The Bertz CT molecular complexity index is 1490. The Hall–Kier alpha value is -2.85. The number of sulfonamides is 1. The lowest BCUT2D eigenvalue weighted by atomic mass is 10.0. The van der Waals surface area contributed by atoms with Crippen LogP contribution >= 0.6 is 34.8 Å². The molecule has 220 valence electrons. The van der Waals surface area contributed by atoms with Crippen molar-refractivity contribution in [3.63, 3.8) is 0 Å². The van der Waals surface area contributed by atoms with Crippen LogP contribution in [0, 0.1) is 5.82 Å². The molecule has 41 heavy (non-hydrogen) atoms. The van der Waals surface area contributed by atoms with Gasteiger partial charge in [0.25, 0.3) is 0 Å². The van der Waals surface area contributed by atoms with Crippen LogP contribution in [0.3, 0.4) is 0 Å². The lowest BCUT2D eigenvalue weighted by Gasteiger charge is -2.34. The van der Waals surface area contributed by atoms with E-state index in [1.165, 1.54) is 35.2 Å². The molecule has 0 bridgehead atoms. The van der Waals surface area contributed by atoms with Crippen LogP contribution < -0.4 is 9.62 Å². The first-order chi connectivity index (χ1) is 19.3. The predicted octanol–water partition coefficient (Wildman–Crippen LogP) is 6.11. The Kier molecular flexibility index (Phi) is 11.4. The Labute approximate surface area is 255 Å². The van der Waals surface area contributed by atoms with Gasteiger partial charge in [0.1, 0.15) is 18.4 Å². The largest absolute Gasteiger partial charge is 0.352 e. The number of benzene rings is 3.